The molecule has 0 amide bonds. The summed E-state index contributed by atoms with van der Waals surface area (Å²) in [6.45, 7) is -2.64. The Morgan fingerprint density at radius 2 is 1.88 bits per heavy atom. The van der Waals surface area contributed by atoms with E-state index in [9.17, 15) is 13.2 Å². The molecule has 3 heterocycles. The number of hydrogen-bond donors (Lipinski definition) is 0. The highest BCUT2D eigenvalue weighted by atomic mass is 32.2. The van der Waals surface area contributed by atoms with E-state index in [2.05, 4.69) is 20.1 Å². The number of benzene rings is 1. The maximum Gasteiger partial charge on any atom is 0.319 e. The molecule has 0 N–H and O–H groups in total. The summed E-state index contributed by atoms with van der Waals surface area (Å²) < 4.78 is 41.3. The smallest absolute Gasteiger partial charge is 0.277 e. The average Bonchev–Trinajstić information content (AvgIpc) is 3.28. The van der Waals surface area contributed by atoms with E-state index in [0.29, 0.717) is 21.7 Å². The number of thioether (sulfide) groups is 1. The SMILES string of the molecule is Fc1ccc(-n2ncc3c(SCc4nccn4C(F)F)ncnc32)cc1. The summed E-state index contributed by atoms with van der Waals surface area (Å²) in [4.78, 5) is 12.4. The zero-order chi connectivity index (χ0) is 18.1. The highest BCUT2D eigenvalue weighted by Crippen LogP contribution is 2.28. The molecule has 0 aliphatic carbocycles. The van der Waals surface area contributed by atoms with Gasteiger partial charge in [-0.1, -0.05) is 11.8 Å². The molecule has 3 aromatic heterocycles. The van der Waals surface area contributed by atoms with E-state index in [1.807, 2.05) is 0 Å². The molecule has 0 atom stereocenters. The summed E-state index contributed by atoms with van der Waals surface area (Å²) in [5, 5.41) is 5.57. The van der Waals surface area contributed by atoms with Crippen LogP contribution in [-0.4, -0.2) is 29.3 Å². The van der Waals surface area contributed by atoms with Crippen molar-refractivity contribution in [2.24, 2.45) is 0 Å². The monoisotopic (exact) mass is 376 g/mol. The fraction of sp³-hybridized carbons (Fsp3) is 0.125. The summed E-state index contributed by atoms with van der Waals surface area (Å²) in [5.41, 5.74) is 1.20. The molecule has 4 rings (SSSR count). The van der Waals surface area contributed by atoms with Crippen LogP contribution in [0, 0.1) is 5.82 Å². The third kappa shape index (κ3) is 3.03. The first kappa shape index (κ1) is 16.6. The van der Waals surface area contributed by atoms with Crippen LogP contribution in [0.15, 0.2) is 54.2 Å². The lowest BCUT2D eigenvalue weighted by Gasteiger charge is -2.06. The van der Waals surface area contributed by atoms with E-state index in [1.54, 1.807) is 23.0 Å². The summed E-state index contributed by atoms with van der Waals surface area (Å²) in [7, 11) is 0. The number of hydrogen-bond acceptors (Lipinski definition) is 5. The minimum atomic E-state index is -2.64. The van der Waals surface area contributed by atoms with Gasteiger partial charge in [-0.05, 0) is 24.3 Å². The average molecular weight is 376 g/mol. The molecule has 0 fully saturated rings. The van der Waals surface area contributed by atoms with Gasteiger partial charge in [-0.15, -0.1) is 0 Å². The van der Waals surface area contributed by atoms with Gasteiger partial charge in [0.05, 0.1) is 23.0 Å². The first-order valence-corrected chi connectivity index (χ1v) is 8.49. The molecule has 0 unspecified atom stereocenters. The van der Waals surface area contributed by atoms with Crippen LogP contribution in [0.2, 0.25) is 0 Å². The molecule has 10 heteroatoms. The van der Waals surface area contributed by atoms with Crippen LogP contribution < -0.4 is 0 Å². The van der Waals surface area contributed by atoms with Crippen molar-refractivity contribution >= 4 is 22.8 Å². The zero-order valence-corrected chi connectivity index (χ0v) is 13.9. The number of fused-ring (bicyclic) bond motifs is 1. The maximum absolute atomic E-state index is 13.1. The van der Waals surface area contributed by atoms with E-state index < -0.39 is 6.55 Å². The molecular formula is C16H11F3N6S. The summed E-state index contributed by atoms with van der Waals surface area (Å²) in [5.74, 6) is 0.138. The topological polar surface area (TPSA) is 61.4 Å². The van der Waals surface area contributed by atoms with Crippen molar-refractivity contribution in [2.75, 3.05) is 0 Å². The van der Waals surface area contributed by atoms with Gasteiger partial charge in [0.1, 0.15) is 23.0 Å². The Bertz CT molecular complexity index is 1040. The molecule has 0 spiro atoms. The Morgan fingerprint density at radius 1 is 1.08 bits per heavy atom. The fourth-order valence-electron chi connectivity index (χ4n) is 2.48. The second kappa shape index (κ2) is 6.79. The van der Waals surface area contributed by atoms with Gasteiger partial charge in [0.2, 0.25) is 0 Å². The molecule has 0 aliphatic rings. The molecule has 0 saturated heterocycles. The third-order valence-corrected chi connectivity index (χ3v) is 4.70. The largest absolute Gasteiger partial charge is 0.319 e. The van der Waals surface area contributed by atoms with Crippen LogP contribution in [-0.2, 0) is 5.75 Å². The zero-order valence-electron chi connectivity index (χ0n) is 13.1. The van der Waals surface area contributed by atoms with Gasteiger partial charge in [-0.25, -0.2) is 24.0 Å². The van der Waals surface area contributed by atoms with Crippen LogP contribution in [0.25, 0.3) is 16.7 Å². The molecule has 0 aliphatic heterocycles. The van der Waals surface area contributed by atoms with Crippen molar-refractivity contribution < 1.29 is 13.2 Å². The standard InChI is InChI=1S/C16H11F3N6S/c17-10-1-3-11(4-2-10)25-14-12(7-23-25)15(22-9-21-14)26-8-13-20-5-6-24(13)16(18)19/h1-7,9,16H,8H2. The molecule has 0 radical (unpaired) electrons. The second-order valence-electron chi connectivity index (χ2n) is 5.27. The molecule has 0 bridgehead atoms. The van der Waals surface area contributed by atoms with Crippen LogP contribution in [0.4, 0.5) is 13.2 Å². The fourth-order valence-corrected chi connectivity index (χ4v) is 3.39. The first-order valence-electron chi connectivity index (χ1n) is 7.51. The normalized spacial score (nSPS) is 11.5. The minimum Gasteiger partial charge on any atom is -0.277 e. The highest BCUT2D eigenvalue weighted by molar-refractivity contribution is 7.98. The Hall–Kier alpha value is -2.88. The van der Waals surface area contributed by atoms with Gasteiger partial charge in [-0.2, -0.15) is 13.9 Å². The van der Waals surface area contributed by atoms with E-state index in [1.165, 1.54) is 42.6 Å². The van der Waals surface area contributed by atoms with Gasteiger partial charge in [-0.3, -0.25) is 4.57 Å². The summed E-state index contributed by atoms with van der Waals surface area (Å²) in [6.07, 6.45) is 5.56. The number of alkyl halides is 2. The van der Waals surface area contributed by atoms with Gasteiger partial charge in [0.25, 0.3) is 0 Å². The van der Waals surface area contributed by atoms with Crippen LogP contribution >= 0.6 is 11.8 Å². The first-order chi connectivity index (χ1) is 12.6. The highest BCUT2D eigenvalue weighted by Gasteiger charge is 2.15. The molecule has 1 aromatic carbocycles. The molecule has 132 valence electrons. The van der Waals surface area contributed by atoms with E-state index in [0.717, 1.165) is 4.57 Å². The van der Waals surface area contributed by atoms with Crippen LogP contribution in [0.1, 0.15) is 12.4 Å². The van der Waals surface area contributed by atoms with Crippen molar-refractivity contribution in [3.8, 4) is 5.69 Å². The lowest BCUT2D eigenvalue weighted by Crippen LogP contribution is -2.02. The number of nitrogens with zero attached hydrogens (tertiary/aromatic N) is 6. The Labute approximate surface area is 149 Å². The van der Waals surface area contributed by atoms with Gasteiger partial charge in [0.15, 0.2) is 5.65 Å². The maximum atomic E-state index is 13.1. The lowest BCUT2D eigenvalue weighted by molar-refractivity contribution is 0.0678. The van der Waals surface area contributed by atoms with Crippen molar-refractivity contribution in [1.82, 2.24) is 29.3 Å². The molecule has 4 aromatic rings. The third-order valence-electron chi connectivity index (χ3n) is 3.70. The number of aromatic nitrogens is 6. The van der Waals surface area contributed by atoms with E-state index >= 15 is 0 Å². The van der Waals surface area contributed by atoms with Crippen molar-refractivity contribution in [1.29, 1.82) is 0 Å². The van der Waals surface area contributed by atoms with Gasteiger partial charge < -0.3 is 0 Å². The van der Waals surface area contributed by atoms with Crippen molar-refractivity contribution in [2.45, 2.75) is 17.3 Å². The molecular weight excluding hydrogens is 365 g/mol. The summed E-state index contributed by atoms with van der Waals surface area (Å²) in [6, 6.07) is 5.86. The Morgan fingerprint density at radius 3 is 2.65 bits per heavy atom. The predicted octanol–water partition coefficient (Wildman–Crippen LogP) is 3.84. The summed E-state index contributed by atoms with van der Waals surface area (Å²) >= 11 is 1.27. The number of rotatable bonds is 5. The van der Waals surface area contributed by atoms with Gasteiger partial charge in [0, 0.05) is 12.4 Å². The second-order valence-corrected chi connectivity index (χ2v) is 6.23. The number of halogens is 3. The minimum absolute atomic E-state index is 0.227. The molecule has 6 nitrogen and oxygen atoms in total. The quantitative estimate of drug-likeness (QED) is 0.391. The van der Waals surface area contributed by atoms with E-state index in [4.69, 9.17) is 0 Å². The van der Waals surface area contributed by atoms with Crippen LogP contribution in [0.5, 0.6) is 0 Å². The lowest BCUT2D eigenvalue weighted by atomic mass is 10.3. The number of imidazole rings is 1. The molecule has 26 heavy (non-hydrogen) atoms. The van der Waals surface area contributed by atoms with Crippen LogP contribution in [0.3, 0.4) is 0 Å². The molecule has 0 saturated carbocycles. The van der Waals surface area contributed by atoms with Gasteiger partial charge >= 0.3 is 6.55 Å². The van der Waals surface area contributed by atoms with Crippen molar-refractivity contribution in [3.05, 3.63) is 60.8 Å². The predicted molar refractivity (Wildman–Crippen MR) is 89.7 cm³/mol. The van der Waals surface area contributed by atoms with E-state index in [-0.39, 0.29) is 17.4 Å². The Kier molecular flexibility index (Phi) is 4.33. The Balaban J connectivity index is 1.64. The van der Waals surface area contributed by atoms with Crippen molar-refractivity contribution in [3.63, 3.8) is 0 Å².